The number of amides is 7. The summed E-state index contributed by atoms with van der Waals surface area (Å²) in [6, 6.07) is 17.6. The van der Waals surface area contributed by atoms with Crippen molar-refractivity contribution in [1.29, 1.82) is 0 Å². The molecule has 424 valence electrons. The van der Waals surface area contributed by atoms with Crippen LogP contribution in [0.15, 0.2) is 77.3 Å². The molecule has 0 radical (unpaired) electrons. The number of benzene rings is 3. The number of anilines is 1. The van der Waals surface area contributed by atoms with Gasteiger partial charge in [-0.3, -0.25) is 48.4 Å². The number of halogens is 1. The first-order valence-corrected chi connectivity index (χ1v) is 26.3. The van der Waals surface area contributed by atoms with Crippen LogP contribution < -0.4 is 44.2 Å². The average molecular weight is 1170 g/mol. The summed E-state index contributed by atoms with van der Waals surface area (Å²) in [4.78, 5) is 119. The van der Waals surface area contributed by atoms with E-state index in [1.165, 1.54) is 0 Å². The van der Waals surface area contributed by atoms with Crippen LogP contribution in [0.3, 0.4) is 0 Å². The van der Waals surface area contributed by atoms with Gasteiger partial charge in [-0.05, 0) is 97.4 Å². The van der Waals surface area contributed by atoms with Gasteiger partial charge in [-0.1, -0.05) is 52.3 Å². The summed E-state index contributed by atoms with van der Waals surface area (Å²) in [5.41, 5.74) is 26.2. The van der Waals surface area contributed by atoms with Crippen LogP contribution in [0.4, 0.5) is 10.5 Å². The van der Waals surface area contributed by atoms with Crippen molar-refractivity contribution in [3.63, 3.8) is 0 Å². The fraction of sp³-hybridized carbons (Fsp3) is 0.451. The highest BCUT2D eigenvalue weighted by molar-refractivity contribution is 9.10. The van der Waals surface area contributed by atoms with E-state index in [2.05, 4.69) is 37.2 Å². The van der Waals surface area contributed by atoms with Gasteiger partial charge in [-0.25, -0.2) is 14.4 Å². The summed E-state index contributed by atoms with van der Waals surface area (Å²) in [6.45, 7) is 3.04. The van der Waals surface area contributed by atoms with Crippen LogP contribution in [-0.4, -0.2) is 195 Å². The number of urea groups is 1. The molecule has 1 aliphatic rings. The fourth-order valence-corrected chi connectivity index (χ4v) is 9.08. The zero-order valence-electron chi connectivity index (χ0n) is 43.1. The molecule has 0 aromatic heterocycles. The Balaban J connectivity index is 1.38. The lowest BCUT2D eigenvalue weighted by Crippen LogP contribution is -2.54. The van der Waals surface area contributed by atoms with E-state index in [0.29, 0.717) is 81.6 Å². The van der Waals surface area contributed by atoms with Crippen molar-refractivity contribution >= 4 is 92.4 Å². The summed E-state index contributed by atoms with van der Waals surface area (Å²) in [5, 5.41) is 39.1. The molecule has 1 saturated heterocycles. The molecule has 25 nitrogen and oxygen atoms in total. The molecule has 4 rings (SSSR count). The molecule has 0 aliphatic carbocycles. The summed E-state index contributed by atoms with van der Waals surface area (Å²) in [7, 11) is 0. The number of thiocarbonyl (C=S) groups is 1. The smallest absolute Gasteiger partial charge is 0.326 e. The van der Waals surface area contributed by atoms with E-state index in [1.807, 2.05) is 68.1 Å². The molecule has 7 amide bonds. The largest absolute Gasteiger partial charge is 0.481 e. The number of hydrogen-bond acceptors (Lipinski definition) is 14. The monoisotopic (exact) mass is 1170 g/mol. The molecule has 0 saturated carbocycles. The van der Waals surface area contributed by atoms with E-state index < -0.39 is 72.5 Å². The molecular formula is C51H70BrN13O12S. The van der Waals surface area contributed by atoms with Gasteiger partial charge in [0.1, 0.15) is 12.1 Å². The molecule has 27 heteroatoms. The van der Waals surface area contributed by atoms with Crippen molar-refractivity contribution in [2.45, 2.75) is 69.7 Å². The van der Waals surface area contributed by atoms with E-state index >= 15 is 0 Å². The molecule has 3 aromatic carbocycles. The van der Waals surface area contributed by atoms with Gasteiger partial charge in [0.05, 0.1) is 26.2 Å². The second-order valence-electron chi connectivity index (χ2n) is 18.9. The molecule has 15 N–H and O–H groups in total. The molecular weight excluding hydrogens is 1100 g/mol. The maximum Gasteiger partial charge on any atom is 0.326 e. The van der Waals surface area contributed by atoms with Crippen LogP contribution >= 0.6 is 28.1 Å². The van der Waals surface area contributed by atoms with Gasteiger partial charge in [-0.2, -0.15) is 0 Å². The first-order valence-electron chi connectivity index (χ1n) is 25.1. The number of carboxylic acid groups (broad SMARTS) is 3. The Hall–Kier alpha value is -7.30. The number of rotatable bonds is 28. The Kier molecular flexibility index (Phi) is 26.3. The number of nitrogens with two attached hydrogens (primary N) is 4. The minimum Gasteiger partial charge on any atom is -0.481 e. The number of carbonyl (C=O) groups is 9. The molecule has 1 heterocycles. The highest BCUT2D eigenvalue weighted by Gasteiger charge is 2.28. The molecule has 1 unspecified atom stereocenters. The minimum atomic E-state index is -1.54. The fourth-order valence-electron chi connectivity index (χ4n) is 8.63. The van der Waals surface area contributed by atoms with Crippen LogP contribution in [0.25, 0.3) is 0 Å². The van der Waals surface area contributed by atoms with Crippen molar-refractivity contribution in [2.24, 2.45) is 22.9 Å². The average Bonchev–Trinajstić information content (AvgIpc) is 3.37. The molecule has 1 aliphatic heterocycles. The Bertz CT molecular complexity index is 2550. The quantitative estimate of drug-likeness (QED) is 0.0334. The maximum atomic E-state index is 14.0. The van der Waals surface area contributed by atoms with Gasteiger partial charge in [0.15, 0.2) is 5.11 Å². The summed E-state index contributed by atoms with van der Waals surface area (Å²) < 4.78 is 0.853. The lowest BCUT2D eigenvalue weighted by atomic mass is 10.0. The Morgan fingerprint density at radius 3 is 1.67 bits per heavy atom. The second-order valence-corrected chi connectivity index (χ2v) is 20.2. The first kappa shape index (κ1) is 63.2. The van der Waals surface area contributed by atoms with E-state index in [1.54, 1.807) is 29.2 Å². The number of unbranched alkanes of at least 4 members (excludes halogenated alkanes) is 1. The first-order chi connectivity index (χ1) is 37.0. The third kappa shape index (κ3) is 23.9. The number of primary amides is 4. The molecule has 0 spiro atoms. The van der Waals surface area contributed by atoms with Crippen molar-refractivity contribution in [1.82, 2.24) is 40.4 Å². The lowest BCUT2D eigenvalue weighted by molar-refractivity contribution is -0.141. The van der Waals surface area contributed by atoms with Gasteiger partial charge < -0.3 is 64.4 Å². The van der Waals surface area contributed by atoms with Crippen molar-refractivity contribution in [3.05, 3.63) is 99.5 Å². The van der Waals surface area contributed by atoms with Gasteiger partial charge in [0.25, 0.3) is 5.91 Å². The van der Waals surface area contributed by atoms with Crippen LogP contribution in [0.1, 0.15) is 59.2 Å². The SMILES string of the molecule is NC(=O)CN1CCN(CC(N)=O)CCN(CC(N)=O)C(Cc2ccc(NC(=S)NCc3ccc(C(=O)N(CCCC[C@@H](NC(=O)N[C@H](CCC(=O)O)C(=O)O)C(=O)O)Cc4ccc(Br)cc4)cc3)cc2)CN(CC(N)=O)CC1. The molecule has 1 fully saturated rings. The number of nitrogens with zero attached hydrogens (tertiary/aromatic N) is 5. The van der Waals surface area contributed by atoms with E-state index in [4.69, 9.17) is 40.3 Å². The van der Waals surface area contributed by atoms with Crippen molar-refractivity contribution in [2.75, 3.05) is 83.9 Å². The van der Waals surface area contributed by atoms with Crippen molar-refractivity contribution < 1.29 is 58.5 Å². The number of carboxylic acids is 3. The van der Waals surface area contributed by atoms with Crippen LogP contribution in [0, 0.1) is 0 Å². The lowest BCUT2D eigenvalue weighted by Gasteiger charge is -2.38. The number of carbonyl (C=O) groups excluding carboxylic acids is 6. The summed E-state index contributed by atoms with van der Waals surface area (Å²) in [5.74, 6) is -6.51. The highest BCUT2D eigenvalue weighted by Crippen LogP contribution is 2.19. The Morgan fingerprint density at radius 1 is 0.628 bits per heavy atom. The third-order valence-corrected chi connectivity index (χ3v) is 13.4. The van der Waals surface area contributed by atoms with E-state index in [0.717, 1.165) is 21.2 Å². The van der Waals surface area contributed by atoms with Crippen LogP contribution in [-0.2, 0) is 53.1 Å². The van der Waals surface area contributed by atoms with Crippen LogP contribution in [0.5, 0.6) is 0 Å². The molecule has 78 heavy (non-hydrogen) atoms. The third-order valence-electron chi connectivity index (χ3n) is 12.6. The minimum absolute atomic E-state index is 0.0297. The second kappa shape index (κ2) is 32.4. The van der Waals surface area contributed by atoms with Gasteiger partial charge >= 0.3 is 23.9 Å². The number of nitrogens with one attached hydrogen (secondary N) is 4. The summed E-state index contributed by atoms with van der Waals surface area (Å²) in [6.07, 6.45) is 0.0981. The van der Waals surface area contributed by atoms with E-state index in [9.17, 15) is 53.4 Å². The van der Waals surface area contributed by atoms with E-state index in [-0.39, 0.29) is 64.1 Å². The predicted octanol–water partition coefficient (Wildman–Crippen LogP) is -0.107. The molecule has 3 aromatic rings. The number of aliphatic carboxylic acids is 3. The zero-order chi connectivity index (χ0) is 57.3. The normalized spacial score (nSPS) is 15.7. The molecule has 3 atom stereocenters. The Morgan fingerprint density at radius 2 is 1.13 bits per heavy atom. The predicted molar refractivity (Wildman–Crippen MR) is 295 cm³/mol. The standard InChI is InChI=1S/C51H70BrN13O12S/c52-37-12-6-35(7-13-37)27-65(18-2-1-3-40(48(73)74)59-50(77)60-41(49(75)76)16-17-46(70)71)47(72)36-10-4-34(5-11-36)26-57-51(78)58-38-14-8-33(9-15-38)25-39-28-63(31-44(55)68)22-21-61(29-42(53)66)19-20-62(30-43(54)67)23-24-64(39)32-45(56)69/h4-15,39-41H,1-3,16-32H2,(H2,53,66)(H2,54,67)(H2,55,68)(H2,56,69)(H,70,71)(H,73,74)(H,75,76)(H2,57,58,78)(H2,59,60,77)/t39?,40-,41-/m1/s1. The van der Waals surface area contributed by atoms with Crippen molar-refractivity contribution in [3.8, 4) is 0 Å². The van der Waals surface area contributed by atoms with Gasteiger partial charge in [0, 0.05) is 93.6 Å². The number of hydrogen-bond donors (Lipinski definition) is 11. The summed E-state index contributed by atoms with van der Waals surface area (Å²) >= 11 is 9.05. The van der Waals surface area contributed by atoms with Crippen LogP contribution in [0.2, 0.25) is 0 Å². The van der Waals surface area contributed by atoms with Gasteiger partial charge in [-0.15, -0.1) is 0 Å². The zero-order valence-corrected chi connectivity index (χ0v) is 45.6. The topological polar surface area (TPSA) is 383 Å². The Labute approximate surface area is 465 Å². The maximum absolute atomic E-state index is 14.0. The van der Waals surface area contributed by atoms with Gasteiger partial charge in [0.2, 0.25) is 23.6 Å². The molecule has 0 bridgehead atoms. The highest BCUT2D eigenvalue weighted by atomic mass is 79.9.